The van der Waals surface area contributed by atoms with Crippen molar-refractivity contribution in [3.05, 3.63) is 18.2 Å². The van der Waals surface area contributed by atoms with Gasteiger partial charge in [0.25, 0.3) is 0 Å². The minimum Gasteiger partial charge on any atom is -0.332 e. The molecule has 0 radical (unpaired) electrons. The van der Waals surface area contributed by atoms with E-state index in [0.717, 1.165) is 0 Å². The van der Waals surface area contributed by atoms with E-state index in [9.17, 15) is 0 Å². The molecule has 0 bridgehead atoms. The van der Waals surface area contributed by atoms with Gasteiger partial charge in [-0.05, 0) is 19.8 Å². The Hall–Kier alpha value is -0.830. The second-order valence-corrected chi connectivity index (χ2v) is 4.41. The van der Waals surface area contributed by atoms with Gasteiger partial charge in [-0.2, -0.15) is 0 Å². The maximum atomic E-state index is 5.79. The van der Waals surface area contributed by atoms with Crippen molar-refractivity contribution in [3.8, 4) is 0 Å². The van der Waals surface area contributed by atoms with Crippen molar-refractivity contribution in [1.29, 1.82) is 0 Å². The molecular formula is C11H21N3. The van der Waals surface area contributed by atoms with Crippen molar-refractivity contribution in [2.24, 2.45) is 11.7 Å². The molecule has 0 amide bonds. The Balaban J connectivity index is 2.97. The molecule has 1 rings (SSSR count). The summed E-state index contributed by atoms with van der Waals surface area (Å²) in [5.74, 6) is 0.981. The summed E-state index contributed by atoms with van der Waals surface area (Å²) in [5, 5.41) is 0. The standard InChI is InChI=1S/C11H21N3/c1-8(2)10(5-12)11-6-13-7-14(11)9(3)4/h6-10H,5,12H2,1-4H3. The smallest absolute Gasteiger partial charge is 0.0950 e. The Morgan fingerprint density at radius 3 is 2.43 bits per heavy atom. The molecule has 0 spiro atoms. The predicted molar refractivity (Wildman–Crippen MR) is 59.2 cm³/mol. The monoisotopic (exact) mass is 195 g/mol. The van der Waals surface area contributed by atoms with Crippen LogP contribution in [0.1, 0.15) is 45.3 Å². The van der Waals surface area contributed by atoms with Gasteiger partial charge in [-0.25, -0.2) is 4.98 Å². The fourth-order valence-electron chi connectivity index (χ4n) is 1.77. The van der Waals surface area contributed by atoms with Gasteiger partial charge >= 0.3 is 0 Å². The van der Waals surface area contributed by atoms with E-state index >= 15 is 0 Å². The highest BCUT2D eigenvalue weighted by Crippen LogP contribution is 2.24. The van der Waals surface area contributed by atoms with E-state index in [0.29, 0.717) is 24.4 Å². The molecule has 0 aromatic carbocycles. The summed E-state index contributed by atoms with van der Waals surface area (Å²) in [6.07, 6.45) is 3.84. The first-order valence-corrected chi connectivity index (χ1v) is 5.29. The van der Waals surface area contributed by atoms with Gasteiger partial charge in [-0.3, -0.25) is 0 Å². The van der Waals surface area contributed by atoms with E-state index in [1.807, 2.05) is 12.5 Å². The SMILES string of the molecule is CC(C)C(CN)c1cncn1C(C)C. The zero-order valence-electron chi connectivity index (χ0n) is 9.57. The number of imidazole rings is 1. The molecule has 0 aliphatic rings. The number of hydrogen-bond acceptors (Lipinski definition) is 2. The highest BCUT2D eigenvalue weighted by Gasteiger charge is 2.18. The molecule has 2 N–H and O–H groups in total. The van der Waals surface area contributed by atoms with Crippen LogP contribution >= 0.6 is 0 Å². The van der Waals surface area contributed by atoms with Crippen LogP contribution in [0.15, 0.2) is 12.5 Å². The summed E-state index contributed by atoms with van der Waals surface area (Å²) in [4.78, 5) is 4.20. The quantitative estimate of drug-likeness (QED) is 0.800. The van der Waals surface area contributed by atoms with Gasteiger partial charge in [-0.1, -0.05) is 13.8 Å². The maximum Gasteiger partial charge on any atom is 0.0950 e. The molecule has 1 aromatic heterocycles. The van der Waals surface area contributed by atoms with Crippen molar-refractivity contribution >= 4 is 0 Å². The molecule has 80 valence electrons. The largest absolute Gasteiger partial charge is 0.332 e. The second kappa shape index (κ2) is 4.60. The van der Waals surface area contributed by atoms with Gasteiger partial charge in [0.2, 0.25) is 0 Å². The molecule has 0 aliphatic carbocycles. The highest BCUT2D eigenvalue weighted by molar-refractivity contribution is 5.09. The van der Waals surface area contributed by atoms with Crippen LogP contribution in [0.25, 0.3) is 0 Å². The molecular weight excluding hydrogens is 174 g/mol. The molecule has 14 heavy (non-hydrogen) atoms. The lowest BCUT2D eigenvalue weighted by Gasteiger charge is -2.22. The van der Waals surface area contributed by atoms with Crippen LogP contribution in [0.3, 0.4) is 0 Å². The first-order chi connectivity index (χ1) is 6.57. The van der Waals surface area contributed by atoms with Gasteiger partial charge in [0, 0.05) is 30.4 Å². The van der Waals surface area contributed by atoms with Crippen LogP contribution < -0.4 is 5.73 Å². The minimum atomic E-state index is 0.417. The van der Waals surface area contributed by atoms with Crippen LogP contribution in [0.2, 0.25) is 0 Å². The molecule has 1 atom stereocenters. The van der Waals surface area contributed by atoms with Crippen LogP contribution in [0.4, 0.5) is 0 Å². The summed E-state index contributed by atoms with van der Waals surface area (Å²) in [5.41, 5.74) is 7.05. The summed E-state index contributed by atoms with van der Waals surface area (Å²) in [7, 11) is 0. The van der Waals surface area contributed by atoms with E-state index in [1.54, 1.807) is 0 Å². The Kier molecular flexibility index (Phi) is 3.69. The van der Waals surface area contributed by atoms with Gasteiger partial charge in [0.05, 0.1) is 6.33 Å². The third-order valence-electron chi connectivity index (χ3n) is 2.69. The Morgan fingerprint density at radius 2 is 2.00 bits per heavy atom. The number of nitrogens with zero attached hydrogens (tertiary/aromatic N) is 2. The van der Waals surface area contributed by atoms with E-state index in [4.69, 9.17) is 5.73 Å². The third-order valence-corrected chi connectivity index (χ3v) is 2.69. The van der Waals surface area contributed by atoms with Crippen molar-refractivity contribution in [1.82, 2.24) is 9.55 Å². The Bertz CT molecular complexity index is 276. The van der Waals surface area contributed by atoms with Gasteiger partial charge < -0.3 is 10.3 Å². The van der Waals surface area contributed by atoms with Crippen molar-refractivity contribution in [2.75, 3.05) is 6.54 Å². The molecule has 0 saturated heterocycles. The maximum absolute atomic E-state index is 5.79. The van der Waals surface area contributed by atoms with Crippen molar-refractivity contribution in [3.63, 3.8) is 0 Å². The lowest BCUT2D eigenvalue weighted by atomic mass is 9.93. The molecule has 1 unspecified atom stereocenters. The fraction of sp³-hybridized carbons (Fsp3) is 0.727. The van der Waals surface area contributed by atoms with Crippen molar-refractivity contribution in [2.45, 2.75) is 39.7 Å². The van der Waals surface area contributed by atoms with Crippen LogP contribution in [0.5, 0.6) is 0 Å². The molecule has 1 heterocycles. The Morgan fingerprint density at radius 1 is 1.36 bits per heavy atom. The normalized spacial score (nSPS) is 13.9. The zero-order valence-corrected chi connectivity index (χ0v) is 9.57. The third kappa shape index (κ3) is 2.15. The molecule has 0 saturated carbocycles. The zero-order chi connectivity index (χ0) is 10.7. The molecule has 0 fully saturated rings. The van der Waals surface area contributed by atoms with Crippen molar-refractivity contribution < 1.29 is 0 Å². The van der Waals surface area contributed by atoms with Crippen LogP contribution in [-0.4, -0.2) is 16.1 Å². The van der Waals surface area contributed by atoms with Crippen LogP contribution in [0, 0.1) is 5.92 Å². The van der Waals surface area contributed by atoms with Gasteiger partial charge in [0.1, 0.15) is 0 Å². The summed E-state index contributed by atoms with van der Waals surface area (Å²) in [6, 6.07) is 0.459. The number of rotatable bonds is 4. The lowest BCUT2D eigenvalue weighted by molar-refractivity contribution is 0.456. The van der Waals surface area contributed by atoms with Crippen LogP contribution in [-0.2, 0) is 0 Å². The van der Waals surface area contributed by atoms with Gasteiger partial charge in [0.15, 0.2) is 0 Å². The van der Waals surface area contributed by atoms with E-state index in [2.05, 4.69) is 37.2 Å². The number of aromatic nitrogens is 2. The highest BCUT2D eigenvalue weighted by atomic mass is 15.1. The molecule has 3 heteroatoms. The average Bonchev–Trinajstić information content (AvgIpc) is 2.53. The average molecular weight is 195 g/mol. The predicted octanol–water partition coefficient (Wildman–Crippen LogP) is 2.16. The fourth-order valence-corrected chi connectivity index (χ4v) is 1.77. The number of hydrogen-bond donors (Lipinski definition) is 1. The summed E-state index contributed by atoms with van der Waals surface area (Å²) in [6.45, 7) is 9.43. The first kappa shape index (κ1) is 11.2. The minimum absolute atomic E-state index is 0.417. The van der Waals surface area contributed by atoms with E-state index in [-0.39, 0.29) is 0 Å². The molecule has 1 aromatic rings. The molecule has 0 aliphatic heterocycles. The molecule has 3 nitrogen and oxygen atoms in total. The lowest BCUT2D eigenvalue weighted by Crippen LogP contribution is -2.21. The topological polar surface area (TPSA) is 43.8 Å². The first-order valence-electron chi connectivity index (χ1n) is 5.29. The summed E-state index contributed by atoms with van der Waals surface area (Å²) >= 11 is 0. The summed E-state index contributed by atoms with van der Waals surface area (Å²) < 4.78 is 2.21. The van der Waals surface area contributed by atoms with E-state index < -0.39 is 0 Å². The Labute approximate surface area is 86.3 Å². The second-order valence-electron chi connectivity index (χ2n) is 4.41. The van der Waals surface area contributed by atoms with E-state index in [1.165, 1.54) is 5.69 Å². The van der Waals surface area contributed by atoms with Gasteiger partial charge in [-0.15, -0.1) is 0 Å². The number of nitrogens with two attached hydrogens (primary N) is 1.